The summed E-state index contributed by atoms with van der Waals surface area (Å²) >= 11 is 3.58. The van der Waals surface area contributed by atoms with Crippen LogP contribution in [0.5, 0.6) is 5.75 Å². The van der Waals surface area contributed by atoms with E-state index in [0.717, 1.165) is 46.9 Å². The van der Waals surface area contributed by atoms with Crippen LogP contribution >= 0.6 is 15.9 Å². The molecule has 0 bridgehead atoms. The largest absolute Gasteiger partial charge is 0.494 e. The average molecular weight is 387 g/mol. The second kappa shape index (κ2) is 6.20. The van der Waals surface area contributed by atoms with Crippen molar-refractivity contribution in [1.82, 2.24) is 15.0 Å². The molecule has 122 valence electrons. The topological polar surface area (TPSA) is 75.5 Å². The Morgan fingerprint density at radius 1 is 1.33 bits per heavy atom. The highest BCUT2D eigenvalue weighted by atomic mass is 79.9. The monoisotopic (exact) mass is 386 g/mol. The van der Waals surface area contributed by atoms with Crippen molar-refractivity contribution in [3.63, 3.8) is 0 Å². The Labute approximate surface area is 147 Å². The first-order valence-electron chi connectivity index (χ1n) is 7.58. The first-order chi connectivity index (χ1) is 11.8. The van der Waals surface area contributed by atoms with Gasteiger partial charge >= 0.3 is 0 Å². The lowest BCUT2D eigenvalue weighted by Crippen LogP contribution is -2.38. The molecule has 2 aliphatic rings. The fourth-order valence-corrected chi connectivity index (χ4v) is 3.34. The van der Waals surface area contributed by atoms with Gasteiger partial charge < -0.3 is 15.0 Å². The van der Waals surface area contributed by atoms with Gasteiger partial charge in [0.1, 0.15) is 23.1 Å². The fourth-order valence-electron chi connectivity index (χ4n) is 2.75. The molecule has 2 aliphatic heterocycles. The van der Waals surface area contributed by atoms with Gasteiger partial charge in [0.05, 0.1) is 17.8 Å². The van der Waals surface area contributed by atoms with Crippen LogP contribution in [0.4, 0.5) is 17.5 Å². The number of rotatable bonds is 3. The zero-order valence-corrected chi connectivity index (χ0v) is 14.6. The number of halogens is 1. The van der Waals surface area contributed by atoms with E-state index in [2.05, 4.69) is 46.1 Å². The molecule has 0 saturated heterocycles. The van der Waals surface area contributed by atoms with Gasteiger partial charge in [-0.1, -0.05) is 0 Å². The molecule has 0 atom stereocenters. The number of nitrogens with one attached hydrogen (secondary N) is 1. The second-order valence-corrected chi connectivity index (χ2v) is 6.23. The minimum atomic E-state index is 0.497. The maximum Gasteiger partial charge on any atom is 0.229 e. The summed E-state index contributed by atoms with van der Waals surface area (Å²) < 4.78 is 6.29. The molecule has 7 nitrogen and oxygen atoms in total. The molecule has 0 aliphatic carbocycles. The quantitative estimate of drug-likeness (QED) is 0.873. The van der Waals surface area contributed by atoms with E-state index in [0.29, 0.717) is 11.7 Å². The second-order valence-electron chi connectivity index (χ2n) is 5.38. The van der Waals surface area contributed by atoms with Gasteiger partial charge in [-0.2, -0.15) is 4.98 Å². The van der Waals surface area contributed by atoms with Crippen LogP contribution in [0.2, 0.25) is 0 Å². The minimum Gasteiger partial charge on any atom is -0.494 e. The predicted molar refractivity (Wildman–Crippen MR) is 97.3 cm³/mol. The molecular formula is C16H15BrN6O. The zero-order chi connectivity index (χ0) is 16.5. The van der Waals surface area contributed by atoms with Crippen molar-refractivity contribution in [3.05, 3.63) is 34.7 Å². The molecule has 0 saturated carbocycles. The summed E-state index contributed by atoms with van der Waals surface area (Å²) in [5.41, 5.74) is 1.69. The summed E-state index contributed by atoms with van der Waals surface area (Å²) in [4.78, 5) is 19.9. The molecule has 0 fully saturated rings. The summed E-state index contributed by atoms with van der Waals surface area (Å²) in [7, 11) is 1.62. The van der Waals surface area contributed by atoms with E-state index < -0.39 is 0 Å². The third kappa shape index (κ3) is 2.62. The van der Waals surface area contributed by atoms with Crippen LogP contribution in [0.3, 0.4) is 0 Å². The van der Waals surface area contributed by atoms with Crippen LogP contribution in [-0.4, -0.2) is 41.0 Å². The number of hydrogen-bond donors (Lipinski definition) is 1. The number of aliphatic imine (C=N–C) groups is 1. The van der Waals surface area contributed by atoms with Gasteiger partial charge in [-0.25, -0.2) is 4.98 Å². The summed E-state index contributed by atoms with van der Waals surface area (Å²) in [5, 5.41) is 3.17. The third-order valence-electron chi connectivity index (χ3n) is 3.85. The number of pyridine rings is 1. The molecule has 0 amide bonds. The highest BCUT2D eigenvalue weighted by molar-refractivity contribution is 9.12. The molecule has 1 N–H and O–H groups in total. The molecule has 4 heterocycles. The number of nitrogens with zero attached hydrogens (tertiary/aromatic N) is 5. The van der Waals surface area contributed by atoms with Gasteiger partial charge in [-0.15, -0.1) is 0 Å². The molecule has 0 spiro atoms. The minimum absolute atomic E-state index is 0.497. The van der Waals surface area contributed by atoms with Gasteiger partial charge in [0.2, 0.25) is 5.95 Å². The zero-order valence-electron chi connectivity index (χ0n) is 13.0. The molecule has 4 rings (SSSR count). The Kier molecular flexibility index (Phi) is 3.89. The van der Waals surface area contributed by atoms with Crippen molar-refractivity contribution < 1.29 is 4.74 Å². The van der Waals surface area contributed by atoms with Crippen LogP contribution in [-0.2, 0) is 0 Å². The highest BCUT2D eigenvalue weighted by Crippen LogP contribution is 2.33. The molecule has 0 aromatic carbocycles. The van der Waals surface area contributed by atoms with E-state index in [1.54, 1.807) is 31.8 Å². The first-order valence-corrected chi connectivity index (χ1v) is 8.37. The van der Waals surface area contributed by atoms with E-state index in [1.807, 2.05) is 6.08 Å². The van der Waals surface area contributed by atoms with E-state index in [1.165, 1.54) is 0 Å². The van der Waals surface area contributed by atoms with Crippen molar-refractivity contribution in [2.24, 2.45) is 4.99 Å². The number of aromatic nitrogens is 3. The van der Waals surface area contributed by atoms with E-state index >= 15 is 0 Å². The lowest BCUT2D eigenvalue weighted by Gasteiger charge is -2.32. The fraction of sp³-hybridized carbons (Fsp3) is 0.250. The van der Waals surface area contributed by atoms with E-state index in [9.17, 15) is 0 Å². The SMILES string of the molecule is COc1ccncc1Nc1ncc2c(n1)N1CCCN=C1C(Br)=C2. The number of fused-ring (bicyclic) bond motifs is 3. The Hall–Kier alpha value is -2.48. The van der Waals surface area contributed by atoms with Gasteiger partial charge in [0.15, 0.2) is 0 Å². The van der Waals surface area contributed by atoms with Crippen LogP contribution in [0.25, 0.3) is 6.08 Å². The molecule has 8 heteroatoms. The Balaban J connectivity index is 1.71. The lowest BCUT2D eigenvalue weighted by atomic mass is 10.1. The normalized spacial score (nSPS) is 15.8. The molecule has 2 aromatic rings. The van der Waals surface area contributed by atoms with Crippen LogP contribution in [0.15, 0.2) is 34.1 Å². The summed E-state index contributed by atoms with van der Waals surface area (Å²) in [5.74, 6) is 2.97. The number of ether oxygens (including phenoxy) is 1. The van der Waals surface area contributed by atoms with Gasteiger partial charge in [-0.3, -0.25) is 9.98 Å². The maximum atomic E-state index is 5.33. The summed E-state index contributed by atoms with van der Waals surface area (Å²) in [6, 6.07) is 1.79. The molecule has 2 aromatic heterocycles. The Bertz CT molecular complexity index is 850. The standard InChI is InChI=1S/C16H15BrN6O/c1-24-13-3-5-18-9-12(13)21-16-20-8-10-7-11(17)15-19-4-2-6-23(15)14(10)22-16/h3,5,7-9H,2,4,6H2,1H3,(H,20,21,22). The van der Waals surface area contributed by atoms with Crippen molar-refractivity contribution in [2.75, 3.05) is 30.4 Å². The molecule has 24 heavy (non-hydrogen) atoms. The number of amidine groups is 1. The molecule has 0 unspecified atom stereocenters. The average Bonchev–Trinajstić information content (AvgIpc) is 2.63. The van der Waals surface area contributed by atoms with Crippen molar-refractivity contribution >= 4 is 45.3 Å². The highest BCUT2D eigenvalue weighted by Gasteiger charge is 2.27. The first kappa shape index (κ1) is 15.1. The van der Waals surface area contributed by atoms with Crippen molar-refractivity contribution in [2.45, 2.75) is 6.42 Å². The van der Waals surface area contributed by atoms with Crippen LogP contribution in [0.1, 0.15) is 12.0 Å². The number of hydrogen-bond acceptors (Lipinski definition) is 7. The number of anilines is 3. The lowest BCUT2D eigenvalue weighted by molar-refractivity contribution is 0.416. The van der Waals surface area contributed by atoms with E-state index in [-0.39, 0.29) is 0 Å². The smallest absolute Gasteiger partial charge is 0.229 e. The van der Waals surface area contributed by atoms with Crippen LogP contribution < -0.4 is 15.0 Å². The summed E-state index contributed by atoms with van der Waals surface area (Å²) in [6.45, 7) is 1.73. The summed E-state index contributed by atoms with van der Waals surface area (Å²) in [6.07, 6.45) is 8.18. The van der Waals surface area contributed by atoms with Crippen molar-refractivity contribution in [1.29, 1.82) is 0 Å². The van der Waals surface area contributed by atoms with E-state index in [4.69, 9.17) is 4.74 Å². The molecule has 0 radical (unpaired) electrons. The number of methoxy groups -OCH3 is 1. The third-order valence-corrected chi connectivity index (χ3v) is 4.44. The Morgan fingerprint density at radius 2 is 2.25 bits per heavy atom. The maximum absolute atomic E-state index is 5.33. The Morgan fingerprint density at radius 3 is 3.12 bits per heavy atom. The van der Waals surface area contributed by atoms with Gasteiger partial charge in [0.25, 0.3) is 0 Å². The predicted octanol–water partition coefficient (Wildman–Crippen LogP) is 2.98. The molecular weight excluding hydrogens is 372 g/mol. The van der Waals surface area contributed by atoms with Gasteiger partial charge in [-0.05, 0) is 28.4 Å². The van der Waals surface area contributed by atoms with Crippen molar-refractivity contribution in [3.8, 4) is 5.75 Å². The van der Waals surface area contributed by atoms with Gasteiger partial charge in [0, 0.05) is 37.1 Å². The van der Waals surface area contributed by atoms with Crippen LogP contribution in [0, 0.1) is 0 Å².